The highest BCUT2D eigenvalue weighted by atomic mass is 19.4. The Balaban J connectivity index is 1.26. The van der Waals surface area contributed by atoms with Crippen LogP contribution in [0.1, 0.15) is 65.9 Å². The Morgan fingerprint density at radius 3 is 2.21 bits per heavy atom. The van der Waals surface area contributed by atoms with Crippen molar-refractivity contribution in [1.29, 1.82) is 0 Å². The van der Waals surface area contributed by atoms with Gasteiger partial charge in [-0.25, -0.2) is 29.6 Å². The van der Waals surface area contributed by atoms with Gasteiger partial charge < -0.3 is 4.57 Å². The molecule has 2 fully saturated rings. The van der Waals surface area contributed by atoms with Crippen molar-refractivity contribution in [2.24, 2.45) is 7.05 Å². The maximum absolute atomic E-state index is 13.1. The minimum Gasteiger partial charge on any atom is -0.333 e. The summed E-state index contributed by atoms with van der Waals surface area (Å²) in [6.45, 7) is 0. The van der Waals surface area contributed by atoms with E-state index in [1.54, 1.807) is 31.7 Å². The fraction of sp³-hybridized carbons (Fsp3) is 0.333. The van der Waals surface area contributed by atoms with Crippen LogP contribution in [0, 0.1) is 0 Å². The van der Waals surface area contributed by atoms with E-state index in [0.717, 1.165) is 71.2 Å². The van der Waals surface area contributed by atoms with Gasteiger partial charge >= 0.3 is 6.18 Å². The average molecular weight is 517 g/mol. The van der Waals surface area contributed by atoms with E-state index < -0.39 is 11.9 Å². The predicted octanol–water partition coefficient (Wildman–Crippen LogP) is 5.37. The number of rotatable bonds is 6. The largest absolute Gasteiger partial charge is 0.434 e. The maximum atomic E-state index is 13.1. The van der Waals surface area contributed by atoms with Gasteiger partial charge in [-0.15, -0.1) is 0 Å². The number of aromatic nitrogens is 8. The molecule has 11 heteroatoms. The van der Waals surface area contributed by atoms with Gasteiger partial charge in [0, 0.05) is 37.1 Å². The van der Waals surface area contributed by atoms with E-state index in [4.69, 9.17) is 5.10 Å². The highest BCUT2D eigenvalue weighted by Gasteiger charge is 2.36. The number of aryl methyl sites for hydroxylation is 1. The lowest BCUT2D eigenvalue weighted by Crippen LogP contribution is -2.09. The first-order valence-corrected chi connectivity index (χ1v) is 12.6. The number of hydrogen-bond acceptors (Lipinski definition) is 6. The number of hydrogen-bond donors (Lipinski definition) is 0. The molecule has 38 heavy (non-hydrogen) atoms. The van der Waals surface area contributed by atoms with Crippen LogP contribution < -0.4 is 0 Å². The molecule has 0 radical (unpaired) electrons. The molecule has 1 aromatic carbocycles. The van der Waals surface area contributed by atoms with E-state index in [9.17, 15) is 13.2 Å². The molecular weight excluding hydrogens is 493 g/mol. The number of alkyl halides is 3. The Morgan fingerprint density at radius 2 is 1.61 bits per heavy atom. The van der Waals surface area contributed by atoms with Crippen LogP contribution >= 0.6 is 0 Å². The normalized spacial score (nSPS) is 15.9. The van der Waals surface area contributed by atoms with Crippen LogP contribution in [-0.4, -0.2) is 39.3 Å². The zero-order valence-electron chi connectivity index (χ0n) is 20.5. The summed E-state index contributed by atoms with van der Waals surface area (Å²) in [4.78, 5) is 21.9. The van der Waals surface area contributed by atoms with Crippen molar-refractivity contribution in [3.63, 3.8) is 0 Å². The highest BCUT2D eigenvalue weighted by Crippen LogP contribution is 2.47. The number of nitrogens with zero attached hydrogens (tertiary/aromatic N) is 8. The summed E-state index contributed by atoms with van der Waals surface area (Å²) >= 11 is 0. The number of fused-ring (bicyclic) bond motifs is 1. The van der Waals surface area contributed by atoms with Crippen LogP contribution in [0.4, 0.5) is 13.2 Å². The van der Waals surface area contributed by atoms with Gasteiger partial charge in [0.2, 0.25) is 0 Å². The van der Waals surface area contributed by atoms with Crippen molar-refractivity contribution in [2.45, 2.75) is 50.1 Å². The molecule has 2 saturated carbocycles. The zero-order valence-corrected chi connectivity index (χ0v) is 20.5. The second kappa shape index (κ2) is 8.44. The molecule has 0 aliphatic heterocycles. The quantitative estimate of drug-likeness (QED) is 0.302. The molecule has 0 N–H and O–H groups in total. The number of imidazole rings is 1. The Morgan fingerprint density at radius 1 is 0.921 bits per heavy atom. The van der Waals surface area contributed by atoms with E-state index in [2.05, 4.69) is 24.9 Å². The molecule has 4 heterocycles. The third-order valence-electron chi connectivity index (χ3n) is 7.18. The van der Waals surface area contributed by atoms with Crippen molar-refractivity contribution < 1.29 is 13.2 Å². The predicted molar refractivity (Wildman–Crippen MR) is 133 cm³/mol. The smallest absolute Gasteiger partial charge is 0.333 e. The molecule has 0 spiro atoms. The molecule has 4 aromatic heterocycles. The molecule has 0 unspecified atom stereocenters. The summed E-state index contributed by atoms with van der Waals surface area (Å²) in [5.41, 5.74) is 6.07. The van der Waals surface area contributed by atoms with E-state index in [-0.39, 0.29) is 5.82 Å². The minimum atomic E-state index is -4.49. The molecule has 0 amide bonds. The monoisotopic (exact) mass is 516 g/mol. The maximum Gasteiger partial charge on any atom is 0.434 e. The molecule has 0 saturated heterocycles. The molecule has 5 aromatic rings. The third-order valence-corrected chi connectivity index (χ3v) is 7.18. The first-order valence-electron chi connectivity index (χ1n) is 12.6. The lowest BCUT2D eigenvalue weighted by atomic mass is 10.1. The fourth-order valence-corrected chi connectivity index (χ4v) is 4.98. The van der Waals surface area contributed by atoms with Gasteiger partial charge in [0.15, 0.2) is 5.69 Å². The third kappa shape index (κ3) is 4.02. The summed E-state index contributed by atoms with van der Waals surface area (Å²) < 4.78 is 42.6. The number of halogens is 3. The van der Waals surface area contributed by atoms with Gasteiger partial charge in [-0.2, -0.15) is 18.3 Å². The Bertz CT molecular complexity index is 1630. The van der Waals surface area contributed by atoms with Crippen LogP contribution in [0.5, 0.6) is 0 Å². The van der Waals surface area contributed by atoms with E-state index in [1.807, 2.05) is 16.8 Å². The molecule has 7 rings (SSSR count). The first-order chi connectivity index (χ1) is 18.4. The molecule has 8 nitrogen and oxygen atoms in total. The Hall–Kier alpha value is -4.15. The molecule has 0 bridgehead atoms. The topological polar surface area (TPSA) is 87.2 Å². The van der Waals surface area contributed by atoms with E-state index >= 15 is 0 Å². The highest BCUT2D eigenvalue weighted by molar-refractivity contribution is 5.79. The molecule has 0 atom stereocenters. The van der Waals surface area contributed by atoms with Gasteiger partial charge in [0.05, 0.1) is 23.3 Å². The second-order valence-corrected chi connectivity index (χ2v) is 10.1. The van der Waals surface area contributed by atoms with Crippen LogP contribution in [0.25, 0.3) is 28.1 Å². The Labute approximate surface area is 215 Å². The van der Waals surface area contributed by atoms with Gasteiger partial charge in [0.25, 0.3) is 0 Å². The van der Waals surface area contributed by atoms with Crippen molar-refractivity contribution >= 4 is 11.0 Å². The van der Waals surface area contributed by atoms with E-state index in [1.165, 1.54) is 10.9 Å². The second-order valence-electron chi connectivity index (χ2n) is 10.1. The SMILES string of the molecule is Cn1cc(C(F)(F)F)nc1-c1ccc(Cc2nn(-c3c(C4CC4)ncnc3C3CC3)c3cncnc23)cc1. The van der Waals surface area contributed by atoms with Crippen LogP contribution in [0.2, 0.25) is 0 Å². The fourth-order valence-electron chi connectivity index (χ4n) is 4.98. The van der Waals surface area contributed by atoms with Crippen molar-refractivity contribution in [1.82, 2.24) is 39.3 Å². The van der Waals surface area contributed by atoms with Gasteiger partial charge in [-0.1, -0.05) is 24.3 Å². The zero-order chi connectivity index (χ0) is 26.0. The minimum absolute atomic E-state index is 0.260. The van der Waals surface area contributed by atoms with Crippen molar-refractivity contribution in [3.05, 3.63) is 77.7 Å². The summed E-state index contributed by atoms with van der Waals surface area (Å²) in [5.74, 6) is 1.11. The van der Waals surface area contributed by atoms with Gasteiger partial charge in [0.1, 0.15) is 35.2 Å². The molecule has 192 valence electrons. The first kappa shape index (κ1) is 23.0. The van der Waals surface area contributed by atoms with Crippen molar-refractivity contribution in [2.75, 3.05) is 0 Å². The standard InChI is InChI=1S/C27H23F3N8/c1-37-12-21(27(28,29)30)35-26(37)18-4-2-15(3-5-18)10-19-24-20(11-31-13-32-24)38(36-19)25-22(16-6-7-16)33-14-34-23(25)17-8-9-17/h2-5,11-14,16-17H,6-10H2,1H3. The molecule has 2 aliphatic carbocycles. The van der Waals surface area contributed by atoms with E-state index in [0.29, 0.717) is 23.8 Å². The summed E-state index contributed by atoms with van der Waals surface area (Å²) in [5, 5.41) is 5.01. The number of benzene rings is 1. The average Bonchev–Trinajstić information content (AvgIpc) is 3.84. The van der Waals surface area contributed by atoms with Crippen molar-refractivity contribution in [3.8, 4) is 17.1 Å². The van der Waals surface area contributed by atoms with Crippen LogP contribution in [0.15, 0.2) is 49.3 Å². The summed E-state index contributed by atoms with van der Waals surface area (Å²) in [6.07, 6.45) is 6.45. The van der Waals surface area contributed by atoms with Crippen LogP contribution in [-0.2, 0) is 19.6 Å². The Kier molecular flexibility index (Phi) is 5.11. The van der Waals surface area contributed by atoms with Crippen LogP contribution in [0.3, 0.4) is 0 Å². The molecule has 2 aliphatic rings. The van der Waals surface area contributed by atoms with Gasteiger partial charge in [-0.3, -0.25) is 0 Å². The lowest BCUT2D eigenvalue weighted by molar-refractivity contribution is -0.140. The lowest BCUT2D eigenvalue weighted by Gasteiger charge is -2.13. The summed E-state index contributed by atoms with van der Waals surface area (Å²) in [7, 11) is 1.56. The summed E-state index contributed by atoms with van der Waals surface area (Å²) in [6, 6.07) is 7.35. The molecular formula is C27H23F3N8. The van der Waals surface area contributed by atoms with Gasteiger partial charge in [-0.05, 0) is 31.2 Å².